The fourth-order valence-corrected chi connectivity index (χ4v) is 4.11. The molecule has 1 aliphatic rings. The molecule has 0 bridgehead atoms. The van der Waals surface area contributed by atoms with Crippen LogP contribution in [0.5, 0.6) is 0 Å². The molecule has 6 nitrogen and oxygen atoms in total. The van der Waals surface area contributed by atoms with Gasteiger partial charge in [-0.05, 0) is 44.2 Å². The normalized spacial score (nSPS) is 13.5. The first-order valence-corrected chi connectivity index (χ1v) is 8.54. The summed E-state index contributed by atoms with van der Waals surface area (Å²) >= 11 is 1.49. The highest BCUT2D eigenvalue weighted by molar-refractivity contribution is 7.17. The summed E-state index contributed by atoms with van der Waals surface area (Å²) in [6.45, 7) is 2.10. The fourth-order valence-electron chi connectivity index (χ4n) is 2.84. The molecule has 0 saturated carbocycles. The van der Waals surface area contributed by atoms with Gasteiger partial charge < -0.3 is 10.1 Å². The summed E-state index contributed by atoms with van der Waals surface area (Å²) in [5.74, 6) is -0.624. The topological polar surface area (TPSA) is 73.2 Å². The van der Waals surface area contributed by atoms with E-state index in [4.69, 9.17) is 4.74 Å². The second-order valence-corrected chi connectivity index (χ2v) is 6.53. The lowest BCUT2D eigenvalue weighted by molar-refractivity contribution is 0.0526. The van der Waals surface area contributed by atoms with Crippen molar-refractivity contribution in [1.29, 1.82) is 0 Å². The molecule has 1 N–H and O–H groups in total. The number of hydrogen-bond acceptors (Lipinski definition) is 5. The fraction of sp³-hybridized carbons (Fsp3) is 0.438. The third-order valence-electron chi connectivity index (χ3n) is 3.93. The Balaban J connectivity index is 1.95. The minimum atomic E-state index is -0.354. The van der Waals surface area contributed by atoms with Crippen molar-refractivity contribution in [3.05, 3.63) is 34.0 Å². The molecule has 1 amide bonds. The van der Waals surface area contributed by atoms with Gasteiger partial charge in [-0.3, -0.25) is 9.48 Å². The van der Waals surface area contributed by atoms with E-state index in [1.54, 1.807) is 26.2 Å². The predicted molar refractivity (Wildman–Crippen MR) is 88.1 cm³/mol. The molecule has 0 unspecified atom stereocenters. The Bertz CT molecular complexity index is 748. The number of aromatic nitrogens is 2. The van der Waals surface area contributed by atoms with Crippen molar-refractivity contribution in [3.8, 4) is 0 Å². The number of amides is 1. The van der Waals surface area contributed by atoms with Crippen molar-refractivity contribution in [2.75, 3.05) is 11.9 Å². The number of rotatable bonds is 4. The highest BCUT2D eigenvalue weighted by atomic mass is 32.1. The number of ether oxygens (including phenoxy) is 1. The first-order valence-electron chi connectivity index (χ1n) is 7.72. The van der Waals surface area contributed by atoms with E-state index in [1.807, 2.05) is 0 Å². The van der Waals surface area contributed by atoms with Gasteiger partial charge in [-0.25, -0.2) is 4.79 Å². The van der Waals surface area contributed by atoms with Gasteiger partial charge in [0.25, 0.3) is 5.91 Å². The lowest BCUT2D eigenvalue weighted by atomic mass is 9.95. The summed E-state index contributed by atoms with van der Waals surface area (Å²) in [5.41, 5.74) is 2.02. The Morgan fingerprint density at radius 3 is 2.87 bits per heavy atom. The van der Waals surface area contributed by atoms with Crippen LogP contribution >= 0.6 is 11.3 Å². The number of esters is 1. The summed E-state index contributed by atoms with van der Waals surface area (Å²) < 4.78 is 6.69. The molecule has 7 heteroatoms. The Hall–Kier alpha value is -2.15. The predicted octanol–water partition coefficient (Wildman–Crippen LogP) is 2.79. The Morgan fingerprint density at radius 1 is 1.39 bits per heavy atom. The molecule has 0 radical (unpaired) electrons. The standard InChI is InChI=1S/C16H19N3O3S/c1-3-22-16(21)13-10-6-4-5-7-12(10)23-15(13)18-14(20)11-8-9-17-19(11)2/h8-9H,3-7H2,1-2H3,(H,18,20). The molecule has 2 heterocycles. The van der Waals surface area contributed by atoms with Crippen LogP contribution in [-0.2, 0) is 24.6 Å². The van der Waals surface area contributed by atoms with Gasteiger partial charge in [-0.2, -0.15) is 5.10 Å². The molecule has 0 fully saturated rings. The molecule has 122 valence electrons. The van der Waals surface area contributed by atoms with Gasteiger partial charge in [0, 0.05) is 18.1 Å². The zero-order valence-electron chi connectivity index (χ0n) is 13.2. The summed E-state index contributed by atoms with van der Waals surface area (Å²) in [7, 11) is 1.71. The number of nitrogens with one attached hydrogen (secondary N) is 1. The number of thiophene rings is 1. The van der Waals surface area contributed by atoms with Gasteiger partial charge in [0.15, 0.2) is 0 Å². The first kappa shape index (κ1) is 15.7. The third-order valence-corrected chi connectivity index (χ3v) is 5.14. The van der Waals surface area contributed by atoms with E-state index in [2.05, 4.69) is 10.4 Å². The highest BCUT2D eigenvalue weighted by Crippen LogP contribution is 2.38. The first-order chi connectivity index (χ1) is 11.1. The molecule has 0 atom stereocenters. The van der Waals surface area contributed by atoms with Gasteiger partial charge in [0.05, 0.1) is 12.2 Å². The van der Waals surface area contributed by atoms with Gasteiger partial charge in [0.2, 0.25) is 0 Å². The number of carbonyl (C=O) groups is 2. The number of carbonyl (C=O) groups excluding carboxylic acids is 2. The molecule has 0 aliphatic heterocycles. The summed E-state index contributed by atoms with van der Waals surface area (Å²) in [5, 5.41) is 7.45. The van der Waals surface area contributed by atoms with E-state index in [9.17, 15) is 9.59 Å². The molecule has 3 rings (SSSR count). The molecule has 1 aliphatic carbocycles. The van der Waals surface area contributed by atoms with E-state index in [-0.39, 0.29) is 11.9 Å². The average Bonchev–Trinajstić information content (AvgIpc) is 3.10. The van der Waals surface area contributed by atoms with E-state index in [0.29, 0.717) is 22.9 Å². The van der Waals surface area contributed by atoms with Crippen molar-refractivity contribution >= 4 is 28.2 Å². The lowest BCUT2D eigenvalue weighted by Gasteiger charge is -2.12. The number of anilines is 1. The van der Waals surface area contributed by atoms with Crippen molar-refractivity contribution in [1.82, 2.24) is 9.78 Å². The Morgan fingerprint density at radius 2 is 2.17 bits per heavy atom. The van der Waals surface area contributed by atoms with Gasteiger partial charge in [0.1, 0.15) is 10.7 Å². The second-order valence-electron chi connectivity index (χ2n) is 5.43. The maximum Gasteiger partial charge on any atom is 0.341 e. The Labute approximate surface area is 138 Å². The summed E-state index contributed by atoms with van der Waals surface area (Å²) in [4.78, 5) is 26.0. The van der Waals surface area contributed by atoms with Crippen molar-refractivity contribution in [2.24, 2.45) is 7.05 Å². The second kappa shape index (κ2) is 6.54. The Kier molecular flexibility index (Phi) is 4.47. The van der Waals surface area contributed by atoms with Crippen LogP contribution in [0, 0.1) is 0 Å². The van der Waals surface area contributed by atoms with Crippen LogP contribution in [-0.4, -0.2) is 28.3 Å². The molecular weight excluding hydrogens is 314 g/mol. The van der Waals surface area contributed by atoms with E-state index >= 15 is 0 Å². The lowest BCUT2D eigenvalue weighted by Crippen LogP contribution is -2.18. The average molecular weight is 333 g/mol. The molecular formula is C16H19N3O3S. The summed E-state index contributed by atoms with van der Waals surface area (Å²) in [6.07, 6.45) is 5.56. The van der Waals surface area contributed by atoms with Crippen molar-refractivity contribution in [3.63, 3.8) is 0 Å². The quantitative estimate of drug-likeness (QED) is 0.873. The molecule has 0 aromatic carbocycles. The smallest absolute Gasteiger partial charge is 0.341 e. The SMILES string of the molecule is CCOC(=O)c1c(NC(=O)c2ccnn2C)sc2c1CCCC2. The van der Waals surface area contributed by atoms with E-state index in [0.717, 1.165) is 31.2 Å². The molecule has 0 saturated heterocycles. The largest absolute Gasteiger partial charge is 0.462 e. The zero-order valence-corrected chi connectivity index (χ0v) is 14.0. The van der Waals surface area contributed by atoms with E-state index in [1.165, 1.54) is 20.9 Å². The van der Waals surface area contributed by atoms with Gasteiger partial charge in [-0.15, -0.1) is 11.3 Å². The molecule has 2 aromatic rings. The van der Waals surface area contributed by atoms with Crippen LogP contribution in [0.15, 0.2) is 12.3 Å². The summed E-state index contributed by atoms with van der Waals surface area (Å²) in [6, 6.07) is 1.65. The van der Waals surface area contributed by atoms with E-state index < -0.39 is 0 Å². The monoisotopic (exact) mass is 333 g/mol. The third kappa shape index (κ3) is 3.01. The van der Waals surface area contributed by atoms with Crippen LogP contribution in [0.25, 0.3) is 0 Å². The highest BCUT2D eigenvalue weighted by Gasteiger charge is 2.27. The van der Waals surface area contributed by atoms with Crippen LogP contribution in [0.1, 0.15) is 51.1 Å². The van der Waals surface area contributed by atoms with Crippen LogP contribution < -0.4 is 5.32 Å². The number of aryl methyl sites for hydroxylation is 2. The van der Waals surface area contributed by atoms with Crippen LogP contribution in [0.4, 0.5) is 5.00 Å². The molecule has 23 heavy (non-hydrogen) atoms. The minimum absolute atomic E-state index is 0.269. The minimum Gasteiger partial charge on any atom is -0.462 e. The van der Waals surface area contributed by atoms with Gasteiger partial charge in [-0.1, -0.05) is 0 Å². The van der Waals surface area contributed by atoms with Crippen molar-refractivity contribution < 1.29 is 14.3 Å². The van der Waals surface area contributed by atoms with Gasteiger partial charge >= 0.3 is 5.97 Å². The maximum atomic E-state index is 12.4. The molecule has 2 aromatic heterocycles. The maximum absolute atomic E-state index is 12.4. The van der Waals surface area contributed by atoms with Crippen LogP contribution in [0.3, 0.4) is 0 Å². The zero-order chi connectivity index (χ0) is 16.4. The van der Waals surface area contributed by atoms with Crippen LogP contribution in [0.2, 0.25) is 0 Å². The number of fused-ring (bicyclic) bond motifs is 1. The van der Waals surface area contributed by atoms with Crippen molar-refractivity contribution in [2.45, 2.75) is 32.6 Å². The number of hydrogen-bond donors (Lipinski definition) is 1. The molecule has 0 spiro atoms. The number of nitrogens with zero attached hydrogens (tertiary/aromatic N) is 2.